The lowest BCUT2D eigenvalue weighted by atomic mass is 10.2. The van der Waals surface area contributed by atoms with Crippen molar-refractivity contribution in [1.29, 1.82) is 0 Å². The highest BCUT2D eigenvalue weighted by Gasteiger charge is 2.18. The summed E-state index contributed by atoms with van der Waals surface area (Å²) < 4.78 is 12.6. The molecule has 34 heavy (non-hydrogen) atoms. The maximum Gasteiger partial charge on any atom is 0.242 e. The van der Waals surface area contributed by atoms with Crippen LogP contribution in [0.15, 0.2) is 53.6 Å². The smallest absolute Gasteiger partial charge is 0.242 e. The molecule has 1 fully saturated rings. The number of rotatable bonds is 8. The lowest BCUT2D eigenvalue weighted by molar-refractivity contribution is -0.131. The van der Waals surface area contributed by atoms with Gasteiger partial charge >= 0.3 is 0 Å². The summed E-state index contributed by atoms with van der Waals surface area (Å²) in [6.07, 6.45) is 6.54. The minimum Gasteiger partial charge on any atom is -0.497 e. The van der Waals surface area contributed by atoms with Crippen molar-refractivity contribution in [2.24, 2.45) is 0 Å². The zero-order valence-corrected chi connectivity index (χ0v) is 20.5. The molecule has 0 saturated carbocycles. The fourth-order valence-corrected chi connectivity index (χ4v) is 5.14. The molecule has 0 spiro atoms. The second-order valence-corrected chi connectivity index (χ2v) is 9.35. The molecule has 1 aliphatic rings. The zero-order valence-electron chi connectivity index (χ0n) is 19.7. The summed E-state index contributed by atoms with van der Waals surface area (Å²) in [5.74, 6) is 1.46. The van der Waals surface area contributed by atoms with Crippen LogP contribution in [-0.4, -0.2) is 54.3 Å². The maximum absolute atomic E-state index is 13.0. The van der Waals surface area contributed by atoms with Crippen molar-refractivity contribution in [3.63, 3.8) is 0 Å². The van der Waals surface area contributed by atoms with E-state index in [0.717, 1.165) is 41.7 Å². The Morgan fingerprint density at radius 3 is 2.50 bits per heavy atom. The molecule has 8 heteroatoms. The van der Waals surface area contributed by atoms with E-state index in [1.165, 1.54) is 24.6 Å². The van der Waals surface area contributed by atoms with Crippen molar-refractivity contribution in [1.82, 2.24) is 9.47 Å². The average molecular weight is 482 g/mol. The van der Waals surface area contributed by atoms with E-state index in [0.29, 0.717) is 23.7 Å². The van der Waals surface area contributed by atoms with Crippen LogP contribution in [0.4, 0.5) is 5.69 Å². The number of fused-ring (bicyclic) bond motifs is 1. The van der Waals surface area contributed by atoms with E-state index in [9.17, 15) is 9.59 Å². The van der Waals surface area contributed by atoms with E-state index in [1.807, 2.05) is 39.9 Å². The number of nitrogens with zero attached hydrogens (tertiary/aromatic N) is 2. The number of carbonyl (C=O) groups is 2. The predicted octanol–water partition coefficient (Wildman–Crippen LogP) is 4.79. The van der Waals surface area contributed by atoms with E-state index in [4.69, 9.17) is 9.47 Å². The van der Waals surface area contributed by atoms with E-state index >= 15 is 0 Å². The number of likely N-dealkylation sites (tertiary alicyclic amines) is 1. The summed E-state index contributed by atoms with van der Waals surface area (Å²) in [4.78, 5) is 28.6. The minimum absolute atomic E-state index is 0.133. The van der Waals surface area contributed by atoms with E-state index in [2.05, 4.69) is 5.32 Å². The summed E-state index contributed by atoms with van der Waals surface area (Å²) in [7, 11) is 3.14. The largest absolute Gasteiger partial charge is 0.497 e. The number of ether oxygens (including phenoxy) is 2. The van der Waals surface area contributed by atoms with Gasteiger partial charge in [0.15, 0.2) is 0 Å². The molecule has 2 aromatic carbocycles. The highest BCUT2D eigenvalue weighted by atomic mass is 32.2. The van der Waals surface area contributed by atoms with Crippen LogP contribution in [0.2, 0.25) is 0 Å². The third-order valence-electron chi connectivity index (χ3n) is 6.06. The van der Waals surface area contributed by atoms with Gasteiger partial charge in [-0.05, 0) is 31.0 Å². The molecule has 2 amide bonds. The quantitative estimate of drug-likeness (QED) is 0.468. The van der Waals surface area contributed by atoms with Gasteiger partial charge in [-0.2, -0.15) is 0 Å². The standard InChI is InChI=1S/C26H31N3O4S/c1-32-19-11-12-21(23(15-19)33-2)27-25(30)18-34-24-16-29(22-10-6-5-9-20(22)24)17-26(31)28-13-7-3-4-8-14-28/h5-6,9-12,15-16H,3-4,7-8,13-14,17-18H2,1-2H3,(H,27,30). The summed E-state index contributed by atoms with van der Waals surface area (Å²) in [6.45, 7) is 2.00. The first-order chi connectivity index (χ1) is 16.6. The first-order valence-corrected chi connectivity index (χ1v) is 12.6. The topological polar surface area (TPSA) is 72.8 Å². The Hall–Kier alpha value is -3.13. The minimum atomic E-state index is -0.133. The van der Waals surface area contributed by atoms with Crippen LogP contribution in [-0.2, 0) is 16.1 Å². The van der Waals surface area contributed by atoms with Crippen molar-refractivity contribution in [2.75, 3.05) is 38.4 Å². The number of hydrogen-bond acceptors (Lipinski definition) is 5. The SMILES string of the molecule is COc1ccc(NC(=O)CSc2cn(CC(=O)N3CCCCCC3)c3ccccc23)c(OC)c1. The van der Waals surface area contributed by atoms with Crippen LogP contribution in [0.3, 0.4) is 0 Å². The van der Waals surface area contributed by atoms with E-state index < -0.39 is 0 Å². The van der Waals surface area contributed by atoms with Crippen LogP contribution in [0.25, 0.3) is 10.9 Å². The molecular formula is C26H31N3O4S. The van der Waals surface area contributed by atoms with Gasteiger partial charge in [0.2, 0.25) is 11.8 Å². The Morgan fingerprint density at radius 2 is 1.76 bits per heavy atom. The molecule has 0 unspecified atom stereocenters. The Kier molecular flexibility index (Phi) is 8.00. The first-order valence-electron chi connectivity index (χ1n) is 11.6. The molecule has 2 heterocycles. The van der Waals surface area contributed by atoms with Gasteiger partial charge in [-0.25, -0.2) is 0 Å². The lowest BCUT2D eigenvalue weighted by Gasteiger charge is -2.20. The Labute approximate surface area is 204 Å². The second-order valence-electron chi connectivity index (χ2n) is 8.34. The molecule has 1 N–H and O–H groups in total. The van der Waals surface area contributed by atoms with Gasteiger partial charge in [0, 0.05) is 41.2 Å². The molecule has 0 radical (unpaired) electrons. The number of benzene rings is 2. The number of methoxy groups -OCH3 is 2. The van der Waals surface area contributed by atoms with Gasteiger partial charge in [0.25, 0.3) is 0 Å². The monoisotopic (exact) mass is 481 g/mol. The molecule has 0 atom stereocenters. The lowest BCUT2D eigenvalue weighted by Crippen LogP contribution is -2.34. The van der Waals surface area contributed by atoms with Gasteiger partial charge < -0.3 is 24.3 Å². The molecule has 4 rings (SSSR count). The fraction of sp³-hybridized carbons (Fsp3) is 0.385. The van der Waals surface area contributed by atoms with Crippen LogP contribution >= 0.6 is 11.8 Å². The van der Waals surface area contributed by atoms with Gasteiger partial charge in [-0.1, -0.05) is 31.0 Å². The van der Waals surface area contributed by atoms with Crippen molar-refractivity contribution >= 4 is 40.2 Å². The number of para-hydroxylation sites is 1. The molecule has 1 aliphatic heterocycles. The normalized spacial score (nSPS) is 14.0. The molecule has 7 nitrogen and oxygen atoms in total. The van der Waals surface area contributed by atoms with E-state index in [1.54, 1.807) is 32.4 Å². The number of anilines is 1. The zero-order chi connectivity index (χ0) is 23.9. The third kappa shape index (κ3) is 5.67. The van der Waals surface area contributed by atoms with Crippen molar-refractivity contribution in [2.45, 2.75) is 37.1 Å². The molecule has 1 aromatic heterocycles. The molecular weight excluding hydrogens is 450 g/mol. The van der Waals surface area contributed by atoms with Crippen LogP contribution in [0.1, 0.15) is 25.7 Å². The number of hydrogen-bond donors (Lipinski definition) is 1. The predicted molar refractivity (Wildman–Crippen MR) is 136 cm³/mol. The number of thioether (sulfide) groups is 1. The molecule has 180 valence electrons. The van der Waals surface area contributed by atoms with Gasteiger partial charge in [-0.15, -0.1) is 11.8 Å². The molecule has 3 aromatic rings. The summed E-state index contributed by atoms with van der Waals surface area (Å²) >= 11 is 1.46. The highest BCUT2D eigenvalue weighted by Crippen LogP contribution is 2.32. The Morgan fingerprint density at radius 1 is 1.00 bits per heavy atom. The van der Waals surface area contributed by atoms with E-state index in [-0.39, 0.29) is 17.6 Å². The van der Waals surface area contributed by atoms with Gasteiger partial charge in [0.1, 0.15) is 18.0 Å². The second kappa shape index (κ2) is 11.3. The summed E-state index contributed by atoms with van der Waals surface area (Å²) in [5.41, 5.74) is 1.60. The summed E-state index contributed by atoms with van der Waals surface area (Å²) in [5, 5.41) is 3.96. The number of amides is 2. The fourth-order valence-electron chi connectivity index (χ4n) is 4.26. The van der Waals surface area contributed by atoms with Crippen LogP contribution < -0.4 is 14.8 Å². The van der Waals surface area contributed by atoms with Crippen LogP contribution in [0, 0.1) is 0 Å². The van der Waals surface area contributed by atoms with Crippen LogP contribution in [0.5, 0.6) is 11.5 Å². The molecule has 0 aliphatic carbocycles. The Bertz CT molecular complexity index is 1150. The summed E-state index contributed by atoms with van der Waals surface area (Å²) in [6, 6.07) is 13.3. The van der Waals surface area contributed by atoms with Gasteiger partial charge in [-0.3, -0.25) is 9.59 Å². The number of carbonyl (C=O) groups excluding carboxylic acids is 2. The van der Waals surface area contributed by atoms with Crippen molar-refractivity contribution in [3.8, 4) is 11.5 Å². The Balaban J connectivity index is 1.44. The number of aromatic nitrogens is 1. The molecule has 0 bridgehead atoms. The van der Waals surface area contributed by atoms with Gasteiger partial charge in [0.05, 0.1) is 25.7 Å². The average Bonchev–Trinajstić information content (AvgIpc) is 3.01. The highest BCUT2D eigenvalue weighted by molar-refractivity contribution is 8.00. The maximum atomic E-state index is 13.0. The third-order valence-corrected chi connectivity index (χ3v) is 7.10. The number of nitrogens with one attached hydrogen (secondary N) is 1. The first kappa shape index (κ1) is 24.0. The van der Waals surface area contributed by atoms with Crippen molar-refractivity contribution in [3.05, 3.63) is 48.7 Å². The van der Waals surface area contributed by atoms with Crippen molar-refractivity contribution < 1.29 is 19.1 Å². The molecule has 1 saturated heterocycles.